The van der Waals surface area contributed by atoms with E-state index >= 15 is 0 Å². The first-order chi connectivity index (χ1) is 10.8. The van der Waals surface area contributed by atoms with Crippen molar-refractivity contribution in [1.29, 1.82) is 0 Å². The van der Waals surface area contributed by atoms with E-state index in [4.69, 9.17) is 4.74 Å². The van der Waals surface area contributed by atoms with Gasteiger partial charge in [0.2, 0.25) is 0 Å². The first-order valence-electron chi connectivity index (χ1n) is 7.75. The average Bonchev–Trinajstić information content (AvgIpc) is 2.97. The first-order valence-corrected chi connectivity index (χ1v) is 7.75. The minimum atomic E-state index is -0.0384. The van der Waals surface area contributed by atoms with E-state index in [2.05, 4.69) is 28.5 Å². The number of benzene rings is 1. The molecule has 2 heterocycles. The van der Waals surface area contributed by atoms with Gasteiger partial charge >= 0.3 is 0 Å². The molecule has 22 heavy (non-hydrogen) atoms. The molecule has 1 unspecified atom stereocenters. The highest BCUT2D eigenvalue weighted by molar-refractivity contribution is 5.94. The summed E-state index contributed by atoms with van der Waals surface area (Å²) in [4.78, 5) is 16.9. The number of aryl methyl sites for hydroxylation is 1. The third-order valence-electron chi connectivity index (χ3n) is 4.51. The van der Waals surface area contributed by atoms with Gasteiger partial charge in [0.15, 0.2) is 0 Å². The Balaban J connectivity index is 1.53. The van der Waals surface area contributed by atoms with Crippen molar-refractivity contribution in [2.45, 2.75) is 31.9 Å². The van der Waals surface area contributed by atoms with E-state index < -0.39 is 0 Å². The summed E-state index contributed by atoms with van der Waals surface area (Å²) in [7, 11) is 0. The van der Waals surface area contributed by atoms with Gasteiger partial charge in [-0.1, -0.05) is 24.3 Å². The summed E-state index contributed by atoms with van der Waals surface area (Å²) >= 11 is 0. The Hall–Kier alpha value is -2.20. The molecule has 1 atom stereocenters. The van der Waals surface area contributed by atoms with Gasteiger partial charge < -0.3 is 10.1 Å². The number of amides is 1. The molecule has 1 aromatic carbocycles. The number of hydrogen-bond acceptors (Lipinski definition) is 3. The van der Waals surface area contributed by atoms with Crippen LogP contribution in [0.1, 0.15) is 45.2 Å². The van der Waals surface area contributed by atoms with Crippen LogP contribution in [-0.2, 0) is 24.2 Å². The molecule has 4 heteroatoms. The van der Waals surface area contributed by atoms with E-state index in [0.717, 1.165) is 30.5 Å². The minimum Gasteiger partial charge on any atom is -0.375 e. The number of aromatic nitrogens is 1. The Bertz CT molecular complexity index is 727. The molecule has 2 aromatic rings. The molecule has 1 amide bonds. The Morgan fingerprint density at radius 3 is 3.09 bits per heavy atom. The van der Waals surface area contributed by atoms with Gasteiger partial charge in [-0.05, 0) is 42.0 Å². The second-order valence-corrected chi connectivity index (χ2v) is 5.90. The van der Waals surface area contributed by atoms with Crippen LogP contribution in [0.25, 0.3) is 0 Å². The molecule has 0 saturated heterocycles. The molecule has 0 saturated carbocycles. The molecule has 0 spiro atoms. The van der Waals surface area contributed by atoms with Crippen LogP contribution in [0, 0.1) is 0 Å². The fourth-order valence-corrected chi connectivity index (χ4v) is 3.31. The molecule has 1 aliphatic carbocycles. The SMILES string of the molecule is O=C(NC1CCc2ccccc21)c1cnc2c(c1)CCOC2. The lowest BCUT2D eigenvalue weighted by atomic mass is 10.1. The molecule has 1 aliphatic heterocycles. The van der Waals surface area contributed by atoms with E-state index in [1.807, 2.05) is 12.1 Å². The number of carbonyl (C=O) groups excluding carboxylic acids is 1. The number of ether oxygens (including phenoxy) is 1. The van der Waals surface area contributed by atoms with Gasteiger partial charge in [0, 0.05) is 6.20 Å². The highest BCUT2D eigenvalue weighted by atomic mass is 16.5. The maximum atomic E-state index is 12.5. The molecule has 4 nitrogen and oxygen atoms in total. The van der Waals surface area contributed by atoms with Crippen molar-refractivity contribution in [3.05, 3.63) is 64.5 Å². The summed E-state index contributed by atoms with van der Waals surface area (Å²) in [6, 6.07) is 10.4. The Morgan fingerprint density at radius 1 is 1.23 bits per heavy atom. The lowest BCUT2D eigenvalue weighted by molar-refractivity contribution is 0.0932. The molecule has 2 aliphatic rings. The monoisotopic (exact) mass is 294 g/mol. The summed E-state index contributed by atoms with van der Waals surface area (Å²) in [5, 5.41) is 3.15. The van der Waals surface area contributed by atoms with Crippen LogP contribution in [-0.4, -0.2) is 17.5 Å². The molecular formula is C18H18N2O2. The molecule has 0 fully saturated rings. The van der Waals surface area contributed by atoms with E-state index in [1.165, 1.54) is 11.1 Å². The Kier molecular flexibility index (Phi) is 3.39. The van der Waals surface area contributed by atoms with Crippen LogP contribution in [0.2, 0.25) is 0 Å². The fraction of sp³-hybridized carbons (Fsp3) is 0.333. The zero-order chi connectivity index (χ0) is 14.9. The largest absolute Gasteiger partial charge is 0.375 e. The number of nitrogens with one attached hydrogen (secondary N) is 1. The second kappa shape index (κ2) is 5.54. The quantitative estimate of drug-likeness (QED) is 0.926. The van der Waals surface area contributed by atoms with Crippen molar-refractivity contribution in [3.8, 4) is 0 Å². The van der Waals surface area contributed by atoms with Gasteiger partial charge in [-0.3, -0.25) is 9.78 Å². The van der Waals surface area contributed by atoms with Gasteiger partial charge in [0.1, 0.15) is 0 Å². The summed E-state index contributed by atoms with van der Waals surface area (Å²) < 4.78 is 5.38. The van der Waals surface area contributed by atoms with Crippen LogP contribution in [0.4, 0.5) is 0 Å². The highest BCUT2D eigenvalue weighted by Crippen LogP contribution is 2.31. The number of nitrogens with zero attached hydrogens (tertiary/aromatic N) is 1. The van der Waals surface area contributed by atoms with Crippen molar-refractivity contribution in [2.24, 2.45) is 0 Å². The third kappa shape index (κ3) is 2.40. The van der Waals surface area contributed by atoms with Gasteiger partial charge in [-0.25, -0.2) is 0 Å². The van der Waals surface area contributed by atoms with Crippen LogP contribution < -0.4 is 5.32 Å². The van der Waals surface area contributed by atoms with Crippen molar-refractivity contribution >= 4 is 5.91 Å². The van der Waals surface area contributed by atoms with Crippen molar-refractivity contribution in [2.75, 3.05) is 6.61 Å². The van der Waals surface area contributed by atoms with Crippen LogP contribution in [0.5, 0.6) is 0 Å². The highest BCUT2D eigenvalue weighted by Gasteiger charge is 2.24. The number of fused-ring (bicyclic) bond motifs is 2. The maximum Gasteiger partial charge on any atom is 0.253 e. The van der Waals surface area contributed by atoms with E-state index in [1.54, 1.807) is 6.20 Å². The number of hydrogen-bond donors (Lipinski definition) is 1. The number of carbonyl (C=O) groups is 1. The molecule has 1 N–H and O–H groups in total. The lowest BCUT2D eigenvalue weighted by Gasteiger charge is -2.17. The van der Waals surface area contributed by atoms with Crippen LogP contribution >= 0.6 is 0 Å². The van der Waals surface area contributed by atoms with Crippen molar-refractivity contribution in [1.82, 2.24) is 10.3 Å². The van der Waals surface area contributed by atoms with E-state index in [-0.39, 0.29) is 11.9 Å². The molecule has 4 rings (SSSR count). The standard InChI is InChI=1S/C18H18N2O2/c21-18(14-9-13-7-8-22-11-17(13)19-10-14)20-16-6-5-12-3-1-2-4-15(12)16/h1-4,9-10,16H,5-8,11H2,(H,20,21). The summed E-state index contributed by atoms with van der Waals surface area (Å²) in [5.74, 6) is -0.0384. The van der Waals surface area contributed by atoms with E-state index in [0.29, 0.717) is 18.8 Å². The normalized spacial score (nSPS) is 19.4. The predicted octanol–water partition coefficient (Wildman–Crippen LogP) is 2.57. The summed E-state index contributed by atoms with van der Waals surface area (Å²) in [5.41, 5.74) is 5.31. The smallest absolute Gasteiger partial charge is 0.253 e. The zero-order valence-corrected chi connectivity index (χ0v) is 12.3. The van der Waals surface area contributed by atoms with Gasteiger partial charge in [0.25, 0.3) is 5.91 Å². The average molecular weight is 294 g/mol. The topological polar surface area (TPSA) is 51.2 Å². The molecular weight excluding hydrogens is 276 g/mol. The van der Waals surface area contributed by atoms with Crippen molar-refractivity contribution < 1.29 is 9.53 Å². The molecule has 0 bridgehead atoms. The van der Waals surface area contributed by atoms with Gasteiger partial charge in [-0.2, -0.15) is 0 Å². The third-order valence-corrected chi connectivity index (χ3v) is 4.51. The van der Waals surface area contributed by atoms with Crippen LogP contribution in [0.15, 0.2) is 36.5 Å². The van der Waals surface area contributed by atoms with Gasteiger partial charge in [0.05, 0.1) is 30.5 Å². The first kappa shape index (κ1) is 13.5. The summed E-state index contributed by atoms with van der Waals surface area (Å²) in [6.45, 7) is 1.25. The molecule has 0 radical (unpaired) electrons. The Labute approximate surface area is 129 Å². The maximum absolute atomic E-state index is 12.5. The number of pyridine rings is 1. The van der Waals surface area contributed by atoms with Gasteiger partial charge in [-0.15, -0.1) is 0 Å². The number of rotatable bonds is 2. The Morgan fingerprint density at radius 2 is 2.14 bits per heavy atom. The summed E-state index contributed by atoms with van der Waals surface area (Å²) in [6.07, 6.45) is 4.48. The second-order valence-electron chi connectivity index (χ2n) is 5.90. The predicted molar refractivity (Wildman–Crippen MR) is 82.6 cm³/mol. The minimum absolute atomic E-state index is 0.0384. The van der Waals surface area contributed by atoms with Crippen LogP contribution in [0.3, 0.4) is 0 Å². The molecule has 1 aromatic heterocycles. The van der Waals surface area contributed by atoms with E-state index in [9.17, 15) is 4.79 Å². The fourth-order valence-electron chi connectivity index (χ4n) is 3.31. The lowest BCUT2D eigenvalue weighted by Crippen LogP contribution is -2.27. The molecule has 112 valence electrons. The van der Waals surface area contributed by atoms with Crippen molar-refractivity contribution in [3.63, 3.8) is 0 Å². The zero-order valence-electron chi connectivity index (χ0n) is 12.3.